The molecule has 3 nitrogen and oxygen atoms in total. The maximum Gasteiger partial charge on any atom is 0.335 e. The molecule has 19 heavy (non-hydrogen) atoms. The zero-order chi connectivity index (χ0) is 14.5. The van der Waals surface area contributed by atoms with Crippen molar-refractivity contribution in [1.29, 1.82) is 0 Å². The molecule has 0 fully saturated rings. The number of aliphatic hydroxyl groups is 1. The predicted molar refractivity (Wildman–Crippen MR) is 77.0 cm³/mol. The Morgan fingerprint density at radius 3 is 2.32 bits per heavy atom. The third-order valence-electron chi connectivity index (χ3n) is 2.33. The van der Waals surface area contributed by atoms with Crippen LogP contribution < -0.4 is 0 Å². The highest BCUT2D eigenvalue weighted by molar-refractivity contribution is 5.87. The van der Waals surface area contributed by atoms with E-state index in [2.05, 4.69) is 18.8 Å². The second-order valence-electron chi connectivity index (χ2n) is 4.02. The number of carboxylic acid groups (broad SMARTS) is 1. The van der Waals surface area contributed by atoms with Crippen molar-refractivity contribution in [3.05, 3.63) is 35.9 Å². The van der Waals surface area contributed by atoms with Crippen LogP contribution in [0.15, 0.2) is 30.3 Å². The lowest BCUT2D eigenvalue weighted by molar-refractivity contribution is 0.0697. The number of hydrogen-bond donors (Lipinski definition) is 2. The number of benzene rings is 1. The summed E-state index contributed by atoms with van der Waals surface area (Å²) >= 11 is 0. The highest BCUT2D eigenvalue weighted by atomic mass is 16.4. The van der Waals surface area contributed by atoms with E-state index in [1.807, 2.05) is 6.92 Å². The smallest absolute Gasteiger partial charge is 0.335 e. The standard InChI is InChI=1S/C9H16O.C7H6O2/c1-3-5-6-7-8-9(10)4-2;8-7(9)6-4-2-1-3-5-6/h9-10H,3-6H2,1-2H3;1-5H,(H,8,9)/t9-;/m0./s1. The fraction of sp³-hybridized carbons (Fsp3) is 0.438. The number of unbranched alkanes of at least 4 members (excludes halogenated alkanes) is 2. The van der Waals surface area contributed by atoms with Gasteiger partial charge in [-0.3, -0.25) is 0 Å². The molecule has 0 aliphatic rings. The summed E-state index contributed by atoms with van der Waals surface area (Å²) in [7, 11) is 0. The number of aromatic carboxylic acids is 1. The Labute approximate surface area is 115 Å². The van der Waals surface area contributed by atoms with Gasteiger partial charge in [-0.1, -0.05) is 44.4 Å². The molecule has 0 aromatic heterocycles. The maximum absolute atomic E-state index is 10.2. The fourth-order valence-electron chi connectivity index (χ4n) is 1.14. The molecule has 0 aliphatic carbocycles. The molecule has 0 saturated heterocycles. The van der Waals surface area contributed by atoms with Gasteiger partial charge in [0.05, 0.1) is 5.56 Å². The normalized spacial score (nSPS) is 10.5. The van der Waals surface area contributed by atoms with Crippen LogP contribution in [-0.2, 0) is 0 Å². The molecular formula is C16H22O3. The van der Waals surface area contributed by atoms with Gasteiger partial charge in [0, 0.05) is 6.42 Å². The number of aliphatic hydroxyl groups excluding tert-OH is 1. The van der Waals surface area contributed by atoms with Gasteiger partial charge in [0.25, 0.3) is 0 Å². The van der Waals surface area contributed by atoms with Gasteiger partial charge < -0.3 is 10.2 Å². The summed E-state index contributed by atoms with van der Waals surface area (Å²) in [5, 5.41) is 17.4. The topological polar surface area (TPSA) is 57.5 Å². The van der Waals surface area contributed by atoms with E-state index in [1.165, 1.54) is 6.42 Å². The van der Waals surface area contributed by atoms with Crippen LogP contribution in [0.2, 0.25) is 0 Å². The Hall–Kier alpha value is -1.79. The first-order valence-electron chi connectivity index (χ1n) is 6.56. The molecule has 0 aliphatic heterocycles. The quantitative estimate of drug-likeness (QED) is 0.646. The molecule has 0 spiro atoms. The molecule has 0 heterocycles. The third kappa shape index (κ3) is 9.87. The highest BCUT2D eigenvalue weighted by Crippen LogP contribution is 1.96. The Kier molecular flexibility index (Phi) is 10.2. The van der Waals surface area contributed by atoms with E-state index in [9.17, 15) is 4.79 Å². The first kappa shape index (κ1) is 17.2. The van der Waals surface area contributed by atoms with Crippen LogP contribution in [0.4, 0.5) is 0 Å². The van der Waals surface area contributed by atoms with E-state index < -0.39 is 12.1 Å². The van der Waals surface area contributed by atoms with Crippen LogP contribution in [0.3, 0.4) is 0 Å². The molecule has 0 unspecified atom stereocenters. The van der Waals surface area contributed by atoms with E-state index >= 15 is 0 Å². The molecule has 1 rings (SSSR count). The van der Waals surface area contributed by atoms with Gasteiger partial charge in [0.1, 0.15) is 6.10 Å². The Bertz CT molecular complexity index is 401. The molecule has 3 heteroatoms. The number of carboxylic acids is 1. The van der Waals surface area contributed by atoms with Crippen LogP contribution in [0.5, 0.6) is 0 Å². The highest BCUT2D eigenvalue weighted by Gasteiger charge is 1.96. The zero-order valence-corrected chi connectivity index (χ0v) is 11.6. The van der Waals surface area contributed by atoms with Gasteiger partial charge in [0.15, 0.2) is 0 Å². The van der Waals surface area contributed by atoms with E-state index in [0.717, 1.165) is 19.3 Å². The fourth-order valence-corrected chi connectivity index (χ4v) is 1.14. The van der Waals surface area contributed by atoms with Gasteiger partial charge in [0.2, 0.25) is 0 Å². The van der Waals surface area contributed by atoms with Crippen LogP contribution in [0.1, 0.15) is 49.9 Å². The van der Waals surface area contributed by atoms with Gasteiger partial charge >= 0.3 is 5.97 Å². The molecule has 0 radical (unpaired) electrons. The maximum atomic E-state index is 10.2. The van der Waals surface area contributed by atoms with Crippen molar-refractivity contribution in [3.63, 3.8) is 0 Å². The second-order valence-corrected chi connectivity index (χ2v) is 4.02. The Morgan fingerprint density at radius 2 is 1.89 bits per heavy atom. The van der Waals surface area contributed by atoms with Crippen molar-refractivity contribution in [2.75, 3.05) is 0 Å². The van der Waals surface area contributed by atoms with Gasteiger partial charge in [-0.25, -0.2) is 4.79 Å². The Balaban J connectivity index is 0.000000342. The summed E-state index contributed by atoms with van der Waals surface area (Å²) in [4.78, 5) is 10.2. The summed E-state index contributed by atoms with van der Waals surface area (Å²) in [6, 6.07) is 8.30. The Morgan fingerprint density at radius 1 is 1.26 bits per heavy atom. The van der Waals surface area contributed by atoms with Crippen molar-refractivity contribution in [2.45, 2.75) is 45.6 Å². The molecule has 104 valence electrons. The van der Waals surface area contributed by atoms with Crippen molar-refractivity contribution >= 4 is 5.97 Å². The summed E-state index contributed by atoms with van der Waals surface area (Å²) in [5.74, 6) is 4.83. The van der Waals surface area contributed by atoms with E-state index in [4.69, 9.17) is 10.2 Å². The van der Waals surface area contributed by atoms with Crippen LogP contribution in [-0.4, -0.2) is 22.3 Å². The molecule has 1 aromatic carbocycles. The van der Waals surface area contributed by atoms with Gasteiger partial charge in [-0.05, 0) is 25.0 Å². The van der Waals surface area contributed by atoms with Gasteiger partial charge in [-0.15, -0.1) is 5.92 Å². The average molecular weight is 262 g/mol. The largest absolute Gasteiger partial charge is 0.478 e. The summed E-state index contributed by atoms with van der Waals surface area (Å²) < 4.78 is 0. The average Bonchev–Trinajstić information content (AvgIpc) is 2.45. The molecule has 0 amide bonds. The first-order valence-corrected chi connectivity index (χ1v) is 6.56. The van der Waals surface area contributed by atoms with Crippen LogP contribution >= 0.6 is 0 Å². The SMILES string of the molecule is CCCCC#C[C@@H](O)CC.O=C(O)c1ccccc1. The molecule has 0 saturated carbocycles. The second kappa shape index (κ2) is 11.3. The monoisotopic (exact) mass is 262 g/mol. The predicted octanol–water partition coefficient (Wildman–Crippen LogP) is 3.34. The minimum atomic E-state index is -0.879. The summed E-state index contributed by atoms with van der Waals surface area (Å²) in [6.45, 7) is 4.07. The van der Waals surface area contributed by atoms with Crippen molar-refractivity contribution in [1.82, 2.24) is 0 Å². The lowest BCUT2D eigenvalue weighted by Crippen LogP contribution is -1.98. The lowest BCUT2D eigenvalue weighted by atomic mass is 10.2. The molecular weight excluding hydrogens is 240 g/mol. The third-order valence-corrected chi connectivity index (χ3v) is 2.33. The first-order chi connectivity index (χ1) is 9.11. The molecule has 0 bridgehead atoms. The van der Waals surface area contributed by atoms with Crippen LogP contribution in [0.25, 0.3) is 0 Å². The summed E-state index contributed by atoms with van der Waals surface area (Å²) in [6.07, 6.45) is 3.57. The zero-order valence-electron chi connectivity index (χ0n) is 11.6. The van der Waals surface area contributed by atoms with Crippen LogP contribution in [0, 0.1) is 11.8 Å². The van der Waals surface area contributed by atoms with Gasteiger partial charge in [-0.2, -0.15) is 0 Å². The van der Waals surface area contributed by atoms with Crippen molar-refractivity contribution in [3.8, 4) is 11.8 Å². The number of hydrogen-bond acceptors (Lipinski definition) is 2. The lowest BCUT2D eigenvalue weighted by Gasteiger charge is -1.93. The van der Waals surface area contributed by atoms with Crippen molar-refractivity contribution < 1.29 is 15.0 Å². The number of rotatable bonds is 4. The van der Waals surface area contributed by atoms with Crippen molar-refractivity contribution in [2.24, 2.45) is 0 Å². The van der Waals surface area contributed by atoms with E-state index in [0.29, 0.717) is 5.56 Å². The minimum absolute atomic E-state index is 0.331. The molecule has 1 atom stereocenters. The molecule has 2 N–H and O–H groups in total. The van der Waals surface area contributed by atoms with E-state index in [1.54, 1.807) is 30.3 Å². The summed E-state index contributed by atoms with van der Waals surface area (Å²) in [5.41, 5.74) is 0.331. The minimum Gasteiger partial charge on any atom is -0.478 e. The van der Waals surface area contributed by atoms with E-state index in [-0.39, 0.29) is 0 Å². The number of carbonyl (C=O) groups is 1. The molecule has 1 aromatic rings.